The van der Waals surface area contributed by atoms with Gasteiger partial charge in [-0.25, -0.2) is 9.97 Å². The summed E-state index contributed by atoms with van der Waals surface area (Å²) < 4.78 is 11.7. The molecule has 5 atom stereocenters. The topological polar surface area (TPSA) is 96.7 Å². The summed E-state index contributed by atoms with van der Waals surface area (Å²) in [5.41, 5.74) is 4.00. The number of benzene rings is 1. The molecular formula is C26H30ClN3O4S. The molecule has 2 aromatic heterocycles. The van der Waals surface area contributed by atoms with Crippen LogP contribution in [-0.2, 0) is 15.9 Å². The lowest BCUT2D eigenvalue weighted by atomic mass is 9.93. The van der Waals surface area contributed by atoms with Gasteiger partial charge in [-0.1, -0.05) is 17.7 Å². The fraction of sp³-hybridized carbons (Fsp3) is 0.462. The normalized spacial score (nSPS) is 24.8. The minimum atomic E-state index is -0.883. The number of fused-ring (bicyclic) bond motifs is 1. The van der Waals surface area contributed by atoms with Gasteiger partial charge in [0.15, 0.2) is 0 Å². The molecule has 0 bridgehead atoms. The van der Waals surface area contributed by atoms with Gasteiger partial charge in [0.2, 0.25) is 0 Å². The van der Waals surface area contributed by atoms with Gasteiger partial charge in [0.1, 0.15) is 24.4 Å². The number of anilines is 1. The number of hydrogen-bond donors (Lipinski definition) is 3. The van der Waals surface area contributed by atoms with Crippen LogP contribution in [0.15, 0.2) is 36.8 Å². The van der Waals surface area contributed by atoms with Gasteiger partial charge < -0.3 is 25.0 Å². The summed E-state index contributed by atoms with van der Waals surface area (Å²) in [5.74, 6) is 0.687. The van der Waals surface area contributed by atoms with Crippen LogP contribution >= 0.6 is 22.9 Å². The van der Waals surface area contributed by atoms with E-state index >= 15 is 0 Å². The molecule has 0 spiro atoms. The largest absolute Gasteiger partial charge is 0.396 e. The number of nitrogens with zero attached hydrogens (tertiary/aromatic N) is 2. The highest BCUT2D eigenvalue weighted by Gasteiger charge is 2.35. The van der Waals surface area contributed by atoms with Crippen LogP contribution < -0.4 is 5.32 Å². The lowest BCUT2D eigenvalue weighted by molar-refractivity contribution is 0.0460. The summed E-state index contributed by atoms with van der Waals surface area (Å²) in [4.78, 5) is 10.5. The molecule has 0 radical (unpaired) electrons. The van der Waals surface area contributed by atoms with E-state index in [-0.39, 0.29) is 30.8 Å². The van der Waals surface area contributed by atoms with Crippen molar-refractivity contribution in [1.82, 2.24) is 9.97 Å². The predicted octanol–water partition coefficient (Wildman–Crippen LogP) is 4.44. The Morgan fingerprint density at radius 2 is 2.14 bits per heavy atom. The number of thiophene rings is 1. The van der Waals surface area contributed by atoms with Crippen molar-refractivity contribution in [2.75, 3.05) is 25.6 Å². The molecule has 0 saturated heterocycles. The Morgan fingerprint density at radius 1 is 1.29 bits per heavy atom. The second-order valence-corrected chi connectivity index (χ2v) is 11.0. The molecule has 3 N–H and O–H groups in total. The van der Waals surface area contributed by atoms with Crippen LogP contribution in [0.4, 0.5) is 5.82 Å². The van der Waals surface area contributed by atoms with E-state index in [4.69, 9.17) is 21.1 Å². The lowest BCUT2D eigenvalue weighted by Gasteiger charge is -2.26. The molecule has 7 nitrogen and oxygen atoms in total. The number of aliphatic hydroxyl groups is 2. The van der Waals surface area contributed by atoms with Crippen molar-refractivity contribution in [1.29, 1.82) is 0 Å². The summed E-state index contributed by atoms with van der Waals surface area (Å²) >= 11 is 7.84. The molecule has 1 fully saturated rings. The number of halogens is 1. The third kappa shape index (κ3) is 4.96. The minimum absolute atomic E-state index is 0.00193. The Bertz CT molecular complexity index is 1180. The van der Waals surface area contributed by atoms with Crippen LogP contribution in [0.3, 0.4) is 0 Å². The first kappa shape index (κ1) is 24.6. The molecule has 1 saturated carbocycles. The highest BCUT2D eigenvalue weighted by molar-refractivity contribution is 7.12. The molecule has 1 aliphatic carbocycles. The molecule has 35 heavy (non-hydrogen) atoms. The summed E-state index contributed by atoms with van der Waals surface area (Å²) in [6, 6.07) is 8.10. The number of aliphatic hydroxyl groups excluding tert-OH is 2. The number of aryl methyl sites for hydroxylation is 1. The number of nitrogens with one attached hydrogen (secondary N) is 1. The first-order valence-electron chi connectivity index (χ1n) is 11.9. The van der Waals surface area contributed by atoms with Crippen molar-refractivity contribution in [2.45, 2.75) is 50.5 Å². The molecule has 2 aliphatic rings. The monoisotopic (exact) mass is 515 g/mol. The van der Waals surface area contributed by atoms with Crippen molar-refractivity contribution in [2.24, 2.45) is 5.92 Å². The fourth-order valence-corrected chi connectivity index (χ4v) is 6.52. The third-order valence-corrected chi connectivity index (χ3v) is 8.47. The Kier molecular flexibility index (Phi) is 7.39. The average Bonchev–Trinajstić information content (AvgIpc) is 3.46. The molecule has 3 aromatic rings. The van der Waals surface area contributed by atoms with Gasteiger partial charge in [0.25, 0.3) is 0 Å². The van der Waals surface area contributed by atoms with Crippen molar-refractivity contribution in [3.05, 3.63) is 73.8 Å². The molecule has 0 amide bonds. The lowest BCUT2D eigenvalue weighted by Crippen LogP contribution is -2.20. The van der Waals surface area contributed by atoms with E-state index in [1.165, 1.54) is 11.9 Å². The standard InChI is InChI=1S/C26H30ClN3O4S/c1-14-19(25-20-8-17(27)4-3-15(20)5-6-34-25)10-23(35-14)24(32)21-11-28-13-29-26(21)30-18-7-16(12-31)22(9-18)33-2/h3-4,8,10-11,13,16,18,22,24-25,31-32H,5-7,9,12H2,1-2H3,(H,28,29,30)/t16-,18?,22+,24?,25+/m1/s1. The quantitative estimate of drug-likeness (QED) is 0.428. The highest BCUT2D eigenvalue weighted by Crippen LogP contribution is 2.41. The first-order chi connectivity index (χ1) is 17.0. The third-order valence-electron chi connectivity index (χ3n) is 7.12. The van der Waals surface area contributed by atoms with E-state index in [0.717, 1.165) is 40.1 Å². The Hall–Kier alpha value is -2.07. The van der Waals surface area contributed by atoms with Crippen molar-refractivity contribution < 1.29 is 19.7 Å². The summed E-state index contributed by atoms with van der Waals surface area (Å²) in [5, 5.41) is 25.2. The van der Waals surface area contributed by atoms with Gasteiger partial charge in [-0.3, -0.25) is 0 Å². The average molecular weight is 516 g/mol. The number of methoxy groups -OCH3 is 1. The molecular weight excluding hydrogens is 486 g/mol. The fourth-order valence-electron chi connectivity index (χ4n) is 5.28. The van der Waals surface area contributed by atoms with Crippen LogP contribution in [0, 0.1) is 12.8 Å². The molecule has 1 aromatic carbocycles. The summed E-state index contributed by atoms with van der Waals surface area (Å²) in [6.45, 7) is 2.79. The van der Waals surface area contributed by atoms with E-state index in [0.29, 0.717) is 23.0 Å². The number of hydrogen-bond acceptors (Lipinski definition) is 8. The van der Waals surface area contributed by atoms with Crippen molar-refractivity contribution >= 4 is 28.8 Å². The Morgan fingerprint density at radius 3 is 2.91 bits per heavy atom. The van der Waals surface area contributed by atoms with Gasteiger partial charge in [-0.2, -0.15) is 0 Å². The molecule has 2 unspecified atom stereocenters. The smallest absolute Gasteiger partial charge is 0.135 e. The molecule has 186 valence electrons. The maximum Gasteiger partial charge on any atom is 0.135 e. The van der Waals surface area contributed by atoms with Crippen LogP contribution in [0.1, 0.15) is 57.1 Å². The number of rotatable bonds is 7. The Balaban J connectivity index is 1.40. The van der Waals surface area contributed by atoms with Gasteiger partial charge >= 0.3 is 0 Å². The van der Waals surface area contributed by atoms with Crippen LogP contribution in [0.5, 0.6) is 0 Å². The van der Waals surface area contributed by atoms with Crippen LogP contribution in [0.25, 0.3) is 0 Å². The molecule has 9 heteroatoms. The van der Waals surface area contributed by atoms with E-state index in [1.807, 2.05) is 18.2 Å². The van der Waals surface area contributed by atoms with Crippen molar-refractivity contribution in [3.8, 4) is 0 Å². The van der Waals surface area contributed by atoms with E-state index in [2.05, 4.69) is 28.3 Å². The number of aromatic nitrogens is 2. The SMILES string of the molecule is CO[C@H]1CC(Nc2ncncc2C(O)c2cc([C@@H]3OCCc4ccc(Cl)cc43)c(C)s2)C[C@@H]1CO. The van der Waals surface area contributed by atoms with Gasteiger partial charge in [0.05, 0.1) is 12.7 Å². The van der Waals surface area contributed by atoms with E-state index < -0.39 is 6.10 Å². The second-order valence-electron chi connectivity index (χ2n) is 9.26. The van der Waals surface area contributed by atoms with E-state index in [9.17, 15) is 10.2 Å². The first-order valence-corrected chi connectivity index (χ1v) is 13.1. The zero-order valence-corrected chi connectivity index (χ0v) is 21.4. The highest BCUT2D eigenvalue weighted by atomic mass is 35.5. The summed E-state index contributed by atoms with van der Waals surface area (Å²) in [7, 11) is 1.68. The second kappa shape index (κ2) is 10.5. The molecule has 3 heterocycles. The molecule has 5 rings (SSSR count). The van der Waals surface area contributed by atoms with Gasteiger partial charge in [0, 0.05) is 52.2 Å². The molecule has 1 aliphatic heterocycles. The van der Waals surface area contributed by atoms with E-state index in [1.54, 1.807) is 24.6 Å². The predicted molar refractivity (Wildman–Crippen MR) is 136 cm³/mol. The van der Waals surface area contributed by atoms with Crippen LogP contribution in [0.2, 0.25) is 5.02 Å². The zero-order chi connectivity index (χ0) is 24.5. The maximum absolute atomic E-state index is 11.4. The van der Waals surface area contributed by atoms with Crippen molar-refractivity contribution in [3.63, 3.8) is 0 Å². The van der Waals surface area contributed by atoms with Gasteiger partial charge in [-0.05, 0) is 61.1 Å². The number of ether oxygens (including phenoxy) is 2. The zero-order valence-electron chi connectivity index (χ0n) is 19.8. The maximum atomic E-state index is 11.4. The van der Waals surface area contributed by atoms with Crippen LogP contribution in [-0.4, -0.2) is 52.7 Å². The Labute approximate surface area is 214 Å². The minimum Gasteiger partial charge on any atom is -0.396 e. The van der Waals surface area contributed by atoms with Gasteiger partial charge in [-0.15, -0.1) is 11.3 Å². The summed E-state index contributed by atoms with van der Waals surface area (Å²) in [6.07, 6.45) is 4.45.